The molecule has 41 heavy (non-hydrogen) atoms. The van der Waals surface area contributed by atoms with Crippen LogP contribution in [0.3, 0.4) is 0 Å². The number of piperidine rings is 1. The van der Waals surface area contributed by atoms with Crippen LogP contribution in [0.2, 0.25) is 0 Å². The van der Waals surface area contributed by atoms with Gasteiger partial charge >= 0.3 is 6.36 Å². The number of nitrogens with zero attached hydrogens (tertiary/aromatic N) is 3. The summed E-state index contributed by atoms with van der Waals surface area (Å²) in [4.78, 5) is 27.0. The fourth-order valence-electron chi connectivity index (χ4n) is 5.42. The molecule has 5 rings (SSSR count). The van der Waals surface area contributed by atoms with Gasteiger partial charge in [-0.05, 0) is 92.8 Å². The Labute approximate surface area is 235 Å². The number of rotatable bonds is 8. The number of amides is 1. The van der Waals surface area contributed by atoms with Crippen molar-refractivity contribution in [1.29, 1.82) is 0 Å². The summed E-state index contributed by atoms with van der Waals surface area (Å²) in [5, 5.41) is 8.63. The molecule has 1 aromatic heterocycles. The highest BCUT2D eigenvalue weighted by atomic mass is 19.4. The Morgan fingerprint density at radius 1 is 0.976 bits per heavy atom. The smallest absolute Gasteiger partial charge is 0.406 e. The van der Waals surface area contributed by atoms with E-state index in [0.29, 0.717) is 34.5 Å². The molecule has 1 aliphatic rings. The van der Waals surface area contributed by atoms with Crippen LogP contribution < -0.4 is 15.6 Å². The summed E-state index contributed by atoms with van der Waals surface area (Å²) in [5.74, 6) is 0.0285. The molecule has 1 aliphatic heterocycles. The number of halogens is 3. The quantitative estimate of drug-likeness (QED) is 0.276. The third-order valence-corrected chi connectivity index (χ3v) is 7.34. The van der Waals surface area contributed by atoms with Gasteiger partial charge in [-0.2, -0.15) is 5.10 Å². The molecule has 4 aromatic rings. The van der Waals surface area contributed by atoms with E-state index in [2.05, 4.69) is 26.1 Å². The fraction of sp³-hybridized carbons (Fsp3) is 0.323. The molecule has 0 bridgehead atoms. The largest absolute Gasteiger partial charge is 0.573 e. The molecule has 0 spiro atoms. The van der Waals surface area contributed by atoms with Crippen LogP contribution in [0.1, 0.15) is 37.7 Å². The monoisotopic (exact) mass is 564 g/mol. The first-order chi connectivity index (χ1) is 19.7. The second kappa shape index (κ2) is 12.1. The molecule has 0 aliphatic carbocycles. The minimum Gasteiger partial charge on any atom is -0.406 e. The van der Waals surface area contributed by atoms with Crippen molar-refractivity contribution in [2.75, 3.05) is 25.0 Å². The normalized spacial score (nSPS) is 14.7. The number of benzene rings is 3. The molecule has 0 saturated carbocycles. The molecule has 1 saturated heterocycles. The van der Waals surface area contributed by atoms with Crippen LogP contribution >= 0.6 is 0 Å². The van der Waals surface area contributed by atoms with Crippen molar-refractivity contribution < 1.29 is 22.7 Å². The van der Waals surface area contributed by atoms with Crippen LogP contribution in [0.4, 0.5) is 18.9 Å². The van der Waals surface area contributed by atoms with Gasteiger partial charge in [-0.15, -0.1) is 13.2 Å². The number of carbonyl (C=O) groups is 1. The standard InChI is InChI=1S/C31H31F3N4O3/c1-21(39)35-25-7-4-6-24(20-25)22-14-18-37(19-15-22)16-5-17-38-30(40)28-9-3-2-8-27(28)29(36-38)23-10-12-26(13-11-23)41-31(32,33)34/h2-4,6-13,20,22H,5,14-19H2,1H3,(H,35,39). The Bertz CT molecular complexity index is 1580. The summed E-state index contributed by atoms with van der Waals surface area (Å²) in [6.07, 6.45) is -2.02. The lowest BCUT2D eigenvalue weighted by Gasteiger charge is -2.32. The van der Waals surface area contributed by atoms with Gasteiger partial charge in [0.1, 0.15) is 5.75 Å². The summed E-state index contributed by atoms with van der Waals surface area (Å²) in [6, 6.07) is 20.7. The van der Waals surface area contributed by atoms with E-state index < -0.39 is 6.36 Å². The number of hydrogen-bond acceptors (Lipinski definition) is 5. The number of aryl methyl sites for hydroxylation is 1. The van der Waals surface area contributed by atoms with Crippen molar-refractivity contribution in [3.05, 3.63) is 88.7 Å². The van der Waals surface area contributed by atoms with E-state index in [9.17, 15) is 22.8 Å². The van der Waals surface area contributed by atoms with Crippen LogP contribution in [0.15, 0.2) is 77.6 Å². The maximum absolute atomic E-state index is 13.2. The van der Waals surface area contributed by atoms with Gasteiger partial charge in [-0.1, -0.05) is 30.3 Å². The van der Waals surface area contributed by atoms with Gasteiger partial charge in [0.15, 0.2) is 0 Å². The third-order valence-electron chi connectivity index (χ3n) is 7.34. The Hall–Kier alpha value is -4.18. The second-order valence-corrected chi connectivity index (χ2v) is 10.3. The second-order valence-electron chi connectivity index (χ2n) is 10.3. The van der Waals surface area contributed by atoms with E-state index >= 15 is 0 Å². The maximum atomic E-state index is 13.2. The van der Waals surface area contributed by atoms with Gasteiger partial charge in [0.25, 0.3) is 5.56 Å². The predicted molar refractivity (Wildman–Crippen MR) is 152 cm³/mol. The number of anilines is 1. The van der Waals surface area contributed by atoms with Crippen molar-refractivity contribution in [2.45, 2.75) is 45.0 Å². The molecule has 3 aromatic carbocycles. The van der Waals surface area contributed by atoms with Crippen LogP contribution in [0, 0.1) is 0 Å². The van der Waals surface area contributed by atoms with Crippen molar-refractivity contribution in [2.24, 2.45) is 0 Å². The first-order valence-electron chi connectivity index (χ1n) is 13.6. The molecule has 7 nitrogen and oxygen atoms in total. The summed E-state index contributed by atoms with van der Waals surface area (Å²) in [7, 11) is 0. The highest BCUT2D eigenvalue weighted by Gasteiger charge is 2.31. The Morgan fingerprint density at radius 3 is 2.37 bits per heavy atom. The zero-order valence-electron chi connectivity index (χ0n) is 22.7. The summed E-state index contributed by atoms with van der Waals surface area (Å²) in [5.41, 5.74) is 2.97. The SMILES string of the molecule is CC(=O)Nc1cccc(C2CCN(CCCn3nc(-c4ccc(OC(F)(F)F)cc4)c4ccccc4c3=O)CC2)c1. The summed E-state index contributed by atoms with van der Waals surface area (Å²) >= 11 is 0. The first kappa shape index (κ1) is 28.4. The number of aromatic nitrogens is 2. The van der Waals surface area contributed by atoms with Gasteiger partial charge < -0.3 is 15.0 Å². The fourth-order valence-corrected chi connectivity index (χ4v) is 5.42. The predicted octanol–water partition coefficient (Wildman–Crippen LogP) is 6.19. The lowest BCUT2D eigenvalue weighted by molar-refractivity contribution is -0.274. The van der Waals surface area contributed by atoms with Crippen molar-refractivity contribution in [3.8, 4) is 17.0 Å². The molecular weight excluding hydrogens is 533 g/mol. The highest BCUT2D eigenvalue weighted by molar-refractivity contribution is 5.93. The van der Waals surface area contributed by atoms with E-state index in [-0.39, 0.29) is 17.2 Å². The van der Waals surface area contributed by atoms with Gasteiger partial charge in [0.05, 0.1) is 11.1 Å². The lowest BCUT2D eigenvalue weighted by Crippen LogP contribution is -2.34. The first-order valence-corrected chi connectivity index (χ1v) is 13.6. The molecule has 214 valence electrons. The van der Waals surface area contributed by atoms with Crippen LogP contribution in [-0.4, -0.2) is 46.6 Å². The van der Waals surface area contributed by atoms with E-state index in [4.69, 9.17) is 0 Å². The average molecular weight is 565 g/mol. The number of ether oxygens (including phenoxy) is 1. The number of fused-ring (bicyclic) bond motifs is 1. The number of nitrogens with one attached hydrogen (secondary N) is 1. The summed E-state index contributed by atoms with van der Waals surface area (Å²) < 4.78 is 43.2. The topological polar surface area (TPSA) is 76.5 Å². The average Bonchev–Trinajstić information content (AvgIpc) is 2.94. The van der Waals surface area contributed by atoms with Gasteiger partial charge in [-0.25, -0.2) is 4.68 Å². The zero-order chi connectivity index (χ0) is 29.0. The van der Waals surface area contributed by atoms with Crippen molar-refractivity contribution >= 4 is 22.4 Å². The van der Waals surface area contributed by atoms with Gasteiger partial charge in [0, 0.05) is 30.1 Å². The zero-order valence-corrected chi connectivity index (χ0v) is 22.7. The maximum Gasteiger partial charge on any atom is 0.573 e. The van der Waals surface area contributed by atoms with E-state index in [1.807, 2.05) is 18.2 Å². The number of likely N-dealkylation sites (tertiary alicyclic amines) is 1. The van der Waals surface area contributed by atoms with E-state index in [1.165, 1.54) is 41.4 Å². The minimum atomic E-state index is -4.77. The molecule has 2 heterocycles. The highest BCUT2D eigenvalue weighted by Crippen LogP contribution is 2.31. The molecule has 10 heteroatoms. The Kier molecular flexibility index (Phi) is 8.39. The van der Waals surface area contributed by atoms with Gasteiger partial charge in [-0.3, -0.25) is 9.59 Å². The van der Waals surface area contributed by atoms with E-state index in [1.54, 1.807) is 24.3 Å². The molecule has 1 N–H and O–H groups in total. The number of carbonyl (C=O) groups excluding carboxylic acids is 1. The summed E-state index contributed by atoms with van der Waals surface area (Å²) in [6.45, 7) is 4.62. The molecule has 1 amide bonds. The van der Waals surface area contributed by atoms with Crippen molar-refractivity contribution in [3.63, 3.8) is 0 Å². The van der Waals surface area contributed by atoms with Crippen LogP contribution in [0.5, 0.6) is 5.75 Å². The molecule has 1 fully saturated rings. The number of alkyl halides is 3. The lowest BCUT2D eigenvalue weighted by atomic mass is 9.89. The Balaban J connectivity index is 1.24. The third kappa shape index (κ3) is 7.13. The van der Waals surface area contributed by atoms with Crippen LogP contribution in [0.25, 0.3) is 22.0 Å². The van der Waals surface area contributed by atoms with Crippen molar-refractivity contribution in [1.82, 2.24) is 14.7 Å². The molecule has 0 radical (unpaired) electrons. The van der Waals surface area contributed by atoms with E-state index in [0.717, 1.165) is 44.6 Å². The van der Waals surface area contributed by atoms with Gasteiger partial charge in [0.2, 0.25) is 5.91 Å². The number of hydrogen-bond donors (Lipinski definition) is 1. The molecular formula is C31H31F3N4O3. The van der Waals surface area contributed by atoms with Crippen LogP contribution in [-0.2, 0) is 11.3 Å². The Morgan fingerprint density at radius 2 is 1.68 bits per heavy atom. The molecule has 0 atom stereocenters. The molecule has 0 unspecified atom stereocenters. The minimum absolute atomic E-state index is 0.0856.